The van der Waals surface area contributed by atoms with Crippen molar-refractivity contribution in [2.24, 2.45) is 0 Å². The van der Waals surface area contributed by atoms with E-state index in [-0.39, 0.29) is 5.82 Å². The molecular formula is C19H26FN5. The third kappa shape index (κ3) is 4.59. The van der Waals surface area contributed by atoms with E-state index in [4.69, 9.17) is 0 Å². The molecular weight excluding hydrogens is 317 g/mol. The van der Waals surface area contributed by atoms with Crippen LogP contribution in [0.15, 0.2) is 36.5 Å². The predicted octanol–water partition coefficient (Wildman–Crippen LogP) is 3.54. The van der Waals surface area contributed by atoms with E-state index in [1.807, 2.05) is 18.2 Å². The van der Waals surface area contributed by atoms with Crippen molar-refractivity contribution in [3.63, 3.8) is 0 Å². The van der Waals surface area contributed by atoms with Gasteiger partial charge in [0.15, 0.2) is 0 Å². The number of rotatable bonds is 7. The number of halogens is 1. The molecule has 1 aromatic heterocycles. The Kier molecular flexibility index (Phi) is 6.04. The van der Waals surface area contributed by atoms with Crippen LogP contribution in [0.5, 0.6) is 0 Å². The van der Waals surface area contributed by atoms with Gasteiger partial charge in [-0.05, 0) is 24.6 Å². The molecule has 2 heterocycles. The lowest BCUT2D eigenvalue weighted by atomic mass is 10.2. The van der Waals surface area contributed by atoms with Crippen molar-refractivity contribution in [3.05, 3.63) is 42.3 Å². The zero-order chi connectivity index (χ0) is 17.5. The van der Waals surface area contributed by atoms with Gasteiger partial charge in [0.1, 0.15) is 11.6 Å². The molecule has 3 rings (SSSR count). The molecule has 0 spiro atoms. The number of nitrogens with zero attached hydrogens (tertiary/aromatic N) is 4. The molecule has 0 radical (unpaired) electrons. The molecule has 1 saturated heterocycles. The maximum atomic E-state index is 13.9. The smallest absolute Gasteiger partial charge is 0.227 e. The Morgan fingerprint density at radius 3 is 2.56 bits per heavy atom. The Morgan fingerprint density at radius 2 is 1.80 bits per heavy atom. The summed E-state index contributed by atoms with van der Waals surface area (Å²) in [6, 6.07) is 8.86. The summed E-state index contributed by atoms with van der Waals surface area (Å²) in [7, 11) is 0. The Morgan fingerprint density at radius 1 is 1.04 bits per heavy atom. The van der Waals surface area contributed by atoms with Gasteiger partial charge in [0.05, 0.1) is 5.69 Å². The predicted molar refractivity (Wildman–Crippen MR) is 101 cm³/mol. The van der Waals surface area contributed by atoms with Crippen LogP contribution in [0.1, 0.15) is 26.2 Å². The third-order valence-corrected chi connectivity index (χ3v) is 4.48. The summed E-state index contributed by atoms with van der Waals surface area (Å²) in [5.41, 5.74) is 0.675. The van der Waals surface area contributed by atoms with Crippen LogP contribution in [0, 0.1) is 5.82 Å². The Bertz CT molecular complexity index is 670. The van der Waals surface area contributed by atoms with Crippen molar-refractivity contribution < 1.29 is 4.39 Å². The number of nitrogens with one attached hydrogen (secondary N) is 1. The Balaban J connectivity index is 1.56. The number of anilines is 3. The normalized spacial score (nSPS) is 14.6. The highest BCUT2D eigenvalue weighted by atomic mass is 19.1. The first-order valence-electron chi connectivity index (χ1n) is 9.09. The van der Waals surface area contributed by atoms with Gasteiger partial charge < -0.3 is 15.1 Å². The van der Waals surface area contributed by atoms with E-state index in [1.54, 1.807) is 12.3 Å². The number of hydrogen-bond acceptors (Lipinski definition) is 5. The largest absolute Gasteiger partial charge is 0.370 e. The second kappa shape index (κ2) is 8.65. The average molecular weight is 343 g/mol. The van der Waals surface area contributed by atoms with E-state index in [2.05, 4.69) is 32.0 Å². The molecule has 0 amide bonds. The lowest BCUT2D eigenvalue weighted by Crippen LogP contribution is -2.47. The van der Waals surface area contributed by atoms with E-state index in [1.165, 1.54) is 18.9 Å². The second-order valence-corrected chi connectivity index (χ2v) is 6.30. The second-order valence-electron chi connectivity index (χ2n) is 6.30. The highest BCUT2D eigenvalue weighted by Crippen LogP contribution is 2.21. The highest BCUT2D eigenvalue weighted by Gasteiger charge is 2.21. The highest BCUT2D eigenvalue weighted by molar-refractivity contribution is 5.50. The number of benzene rings is 1. The van der Waals surface area contributed by atoms with Crippen molar-refractivity contribution in [1.29, 1.82) is 0 Å². The number of aromatic nitrogens is 2. The topological polar surface area (TPSA) is 44.3 Å². The van der Waals surface area contributed by atoms with Gasteiger partial charge in [-0.3, -0.25) is 0 Å². The number of para-hydroxylation sites is 1. The van der Waals surface area contributed by atoms with Gasteiger partial charge in [0.25, 0.3) is 0 Å². The van der Waals surface area contributed by atoms with E-state index in [0.717, 1.165) is 50.9 Å². The number of hydrogen-bond donors (Lipinski definition) is 1. The van der Waals surface area contributed by atoms with Crippen LogP contribution in [-0.4, -0.2) is 42.7 Å². The average Bonchev–Trinajstić information content (AvgIpc) is 2.66. The van der Waals surface area contributed by atoms with Crippen LogP contribution in [-0.2, 0) is 0 Å². The summed E-state index contributed by atoms with van der Waals surface area (Å²) in [5, 5.41) is 3.36. The minimum absolute atomic E-state index is 0.162. The molecule has 1 aliphatic rings. The summed E-state index contributed by atoms with van der Waals surface area (Å²) in [6.45, 7) is 6.23. The van der Waals surface area contributed by atoms with Gasteiger partial charge >= 0.3 is 0 Å². The standard InChI is InChI=1S/C19H26FN5/c1-2-3-6-10-21-18-9-11-22-19(23-18)25-14-12-24(13-15-25)17-8-5-4-7-16(17)20/h4-5,7-9,11H,2-3,6,10,12-15H2,1H3,(H,21,22,23). The minimum Gasteiger partial charge on any atom is -0.370 e. The summed E-state index contributed by atoms with van der Waals surface area (Å²) >= 11 is 0. The van der Waals surface area contributed by atoms with E-state index in [0.29, 0.717) is 5.69 Å². The molecule has 1 fully saturated rings. The summed E-state index contributed by atoms with van der Waals surface area (Å²) in [4.78, 5) is 13.3. The monoisotopic (exact) mass is 343 g/mol. The molecule has 0 aliphatic carbocycles. The number of piperazine rings is 1. The molecule has 1 aliphatic heterocycles. The molecule has 6 heteroatoms. The van der Waals surface area contributed by atoms with Crippen molar-refractivity contribution in [2.75, 3.05) is 47.8 Å². The SMILES string of the molecule is CCCCCNc1ccnc(N2CCN(c3ccccc3F)CC2)n1. The van der Waals surface area contributed by atoms with Crippen LogP contribution in [0.4, 0.5) is 21.8 Å². The van der Waals surface area contributed by atoms with Crippen molar-refractivity contribution in [2.45, 2.75) is 26.2 Å². The Hall–Kier alpha value is -2.37. The minimum atomic E-state index is -0.162. The molecule has 0 saturated carbocycles. The van der Waals surface area contributed by atoms with E-state index in [9.17, 15) is 4.39 Å². The van der Waals surface area contributed by atoms with Crippen LogP contribution >= 0.6 is 0 Å². The van der Waals surface area contributed by atoms with Crippen LogP contribution in [0.25, 0.3) is 0 Å². The van der Waals surface area contributed by atoms with Crippen LogP contribution in [0.3, 0.4) is 0 Å². The molecule has 1 aromatic carbocycles. The summed E-state index contributed by atoms with van der Waals surface area (Å²) in [5.74, 6) is 1.46. The van der Waals surface area contributed by atoms with E-state index < -0.39 is 0 Å². The molecule has 134 valence electrons. The quantitative estimate of drug-likeness (QED) is 0.779. The fraction of sp³-hybridized carbons (Fsp3) is 0.474. The first-order valence-corrected chi connectivity index (χ1v) is 9.09. The van der Waals surface area contributed by atoms with E-state index >= 15 is 0 Å². The lowest BCUT2D eigenvalue weighted by molar-refractivity contribution is 0.594. The third-order valence-electron chi connectivity index (χ3n) is 4.48. The van der Waals surface area contributed by atoms with Crippen molar-refractivity contribution in [3.8, 4) is 0 Å². The van der Waals surface area contributed by atoms with Crippen LogP contribution < -0.4 is 15.1 Å². The fourth-order valence-electron chi connectivity index (χ4n) is 3.05. The van der Waals surface area contributed by atoms with Crippen molar-refractivity contribution >= 4 is 17.5 Å². The van der Waals surface area contributed by atoms with Gasteiger partial charge in [-0.25, -0.2) is 9.37 Å². The Labute approximate surface area is 148 Å². The fourth-order valence-corrected chi connectivity index (χ4v) is 3.05. The zero-order valence-electron chi connectivity index (χ0n) is 14.8. The zero-order valence-corrected chi connectivity index (χ0v) is 14.8. The van der Waals surface area contributed by atoms with Gasteiger partial charge in [0, 0.05) is 38.9 Å². The van der Waals surface area contributed by atoms with Gasteiger partial charge in [-0.1, -0.05) is 31.9 Å². The molecule has 0 atom stereocenters. The molecule has 0 bridgehead atoms. The molecule has 5 nitrogen and oxygen atoms in total. The summed E-state index contributed by atoms with van der Waals surface area (Å²) in [6.07, 6.45) is 5.39. The van der Waals surface area contributed by atoms with Crippen molar-refractivity contribution in [1.82, 2.24) is 9.97 Å². The molecule has 0 unspecified atom stereocenters. The molecule has 2 aromatic rings. The molecule has 25 heavy (non-hydrogen) atoms. The van der Waals surface area contributed by atoms with Gasteiger partial charge in [-0.2, -0.15) is 4.98 Å². The van der Waals surface area contributed by atoms with Gasteiger partial charge in [-0.15, -0.1) is 0 Å². The number of unbranched alkanes of at least 4 members (excludes halogenated alkanes) is 2. The van der Waals surface area contributed by atoms with Gasteiger partial charge in [0.2, 0.25) is 5.95 Å². The first kappa shape index (κ1) is 17.5. The maximum absolute atomic E-state index is 13.9. The lowest BCUT2D eigenvalue weighted by Gasteiger charge is -2.36. The first-order chi connectivity index (χ1) is 12.3. The molecule has 1 N–H and O–H groups in total. The summed E-state index contributed by atoms with van der Waals surface area (Å²) < 4.78 is 13.9. The van der Waals surface area contributed by atoms with Crippen LogP contribution in [0.2, 0.25) is 0 Å². The maximum Gasteiger partial charge on any atom is 0.227 e.